The van der Waals surface area contributed by atoms with E-state index in [0.717, 1.165) is 5.56 Å². The summed E-state index contributed by atoms with van der Waals surface area (Å²) in [4.78, 5) is 25.0. The topological polar surface area (TPSA) is 95.7 Å². The first kappa shape index (κ1) is 15.0. The van der Waals surface area contributed by atoms with Crippen LogP contribution < -0.4 is 16.0 Å². The minimum absolute atomic E-state index is 0.0502. The Hall–Kier alpha value is -2.08. The van der Waals surface area contributed by atoms with E-state index in [1.54, 1.807) is 13.0 Å². The first-order valence-corrected chi connectivity index (χ1v) is 6.10. The van der Waals surface area contributed by atoms with Gasteiger partial charge >= 0.3 is 11.8 Å². The van der Waals surface area contributed by atoms with Crippen LogP contribution in [0.4, 0.5) is 5.69 Å². The SMILES string of the molecule is CCN(C(=O)C(=O)NCCN)c1cc(O)ccc1C. The smallest absolute Gasteiger partial charge is 0.316 e. The third-order valence-electron chi connectivity index (χ3n) is 2.67. The molecule has 0 aliphatic carbocycles. The average Bonchev–Trinajstić information content (AvgIpc) is 2.40. The number of benzene rings is 1. The lowest BCUT2D eigenvalue weighted by Crippen LogP contribution is -2.44. The molecule has 0 saturated heterocycles. The molecule has 2 amide bonds. The van der Waals surface area contributed by atoms with E-state index < -0.39 is 11.8 Å². The molecular formula is C13H19N3O3. The fourth-order valence-electron chi connectivity index (χ4n) is 1.70. The Balaban J connectivity index is 2.96. The maximum atomic E-state index is 12.0. The average molecular weight is 265 g/mol. The van der Waals surface area contributed by atoms with Crippen molar-refractivity contribution in [1.82, 2.24) is 5.32 Å². The molecule has 1 rings (SSSR count). The number of aromatic hydroxyl groups is 1. The lowest BCUT2D eigenvalue weighted by Gasteiger charge is -2.22. The predicted molar refractivity (Wildman–Crippen MR) is 72.9 cm³/mol. The fraction of sp³-hybridized carbons (Fsp3) is 0.385. The molecule has 1 aromatic rings. The first-order chi connectivity index (χ1) is 9.01. The molecule has 0 bridgehead atoms. The van der Waals surface area contributed by atoms with Crippen LogP contribution in [0, 0.1) is 6.92 Å². The van der Waals surface area contributed by atoms with Gasteiger partial charge in [-0.1, -0.05) is 6.07 Å². The molecule has 6 heteroatoms. The number of nitrogens with zero attached hydrogens (tertiary/aromatic N) is 1. The zero-order valence-corrected chi connectivity index (χ0v) is 11.1. The van der Waals surface area contributed by atoms with Gasteiger partial charge < -0.3 is 21.1 Å². The largest absolute Gasteiger partial charge is 0.508 e. The highest BCUT2D eigenvalue weighted by atomic mass is 16.3. The van der Waals surface area contributed by atoms with Crippen LogP contribution in [0.15, 0.2) is 18.2 Å². The Morgan fingerprint density at radius 1 is 1.42 bits per heavy atom. The molecule has 0 saturated carbocycles. The maximum Gasteiger partial charge on any atom is 0.316 e. The lowest BCUT2D eigenvalue weighted by molar-refractivity contribution is -0.137. The van der Waals surface area contributed by atoms with Crippen molar-refractivity contribution in [2.24, 2.45) is 5.73 Å². The summed E-state index contributed by atoms with van der Waals surface area (Å²) in [5, 5.41) is 11.9. The molecular weight excluding hydrogens is 246 g/mol. The zero-order chi connectivity index (χ0) is 14.4. The summed E-state index contributed by atoms with van der Waals surface area (Å²) in [5.41, 5.74) is 6.60. The number of hydrogen-bond donors (Lipinski definition) is 3. The Bertz CT molecular complexity index is 474. The van der Waals surface area contributed by atoms with E-state index in [2.05, 4.69) is 5.32 Å². The molecule has 0 spiro atoms. The summed E-state index contributed by atoms with van der Waals surface area (Å²) in [6.45, 7) is 4.43. The number of phenolic OH excluding ortho intramolecular Hbond substituents is 1. The minimum atomic E-state index is -0.699. The van der Waals surface area contributed by atoms with Gasteiger partial charge in [-0.15, -0.1) is 0 Å². The van der Waals surface area contributed by atoms with Gasteiger partial charge in [0.25, 0.3) is 0 Å². The van der Waals surface area contributed by atoms with Gasteiger partial charge in [-0.3, -0.25) is 9.59 Å². The van der Waals surface area contributed by atoms with Crippen molar-refractivity contribution in [3.05, 3.63) is 23.8 Å². The van der Waals surface area contributed by atoms with Crippen molar-refractivity contribution in [2.75, 3.05) is 24.5 Å². The number of carbonyl (C=O) groups is 2. The minimum Gasteiger partial charge on any atom is -0.508 e. The van der Waals surface area contributed by atoms with Crippen LogP contribution in [0.2, 0.25) is 0 Å². The number of carbonyl (C=O) groups excluding carboxylic acids is 2. The van der Waals surface area contributed by atoms with Gasteiger partial charge in [0, 0.05) is 25.7 Å². The van der Waals surface area contributed by atoms with Gasteiger partial charge in [0.05, 0.1) is 5.69 Å². The third-order valence-corrected chi connectivity index (χ3v) is 2.67. The van der Waals surface area contributed by atoms with Gasteiger partial charge in [0.2, 0.25) is 0 Å². The highest BCUT2D eigenvalue weighted by Gasteiger charge is 2.22. The second-order valence-corrected chi connectivity index (χ2v) is 4.06. The maximum absolute atomic E-state index is 12.0. The quantitative estimate of drug-likeness (QED) is 0.674. The second kappa shape index (κ2) is 6.75. The highest BCUT2D eigenvalue weighted by Crippen LogP contribution is 2.24. The molecule has 6 nitrogen and oxygen atoms in total. The summed E-state index contributed by atoms with van der Waals surface area (Å²) >= 11 is 0. The summed E-state index contributed by atoms with van der Waals surface area (Å²) in [6, 6.07) is 4.69. The van der Waals surface area contributed by atoms with E-state index in [4.69, 9.17) is 5.73 Å². The molecule has 0 fully saturated rings. The monoisotopic (exact) mass is 265 g/mol. The third kappa shape index (κ3) is 3.69. The Morgan fingerprint density at radius 3 is 2.68 bits per heavy atom. The summed E-state index contributed by atoms with van der Waals surface area (Å²) < 4.78 is 0. The van der Waals surface area contributed by atoms with E-state index in [0.29, 0.717) is 12.2 Å². The lowest BCUT2D eigenvalue weighted by atomic mass is 10.1. The molecule has 0 unspecified atom stereocenters. The number of rotatable bonds is 4. The van der Waals surface area contributed by atoms with Gasteiger partial charge in [-0.05, 0) is 25.5 Å². The number of aryl methyl sites for hydroxylation is 1. The number of anilines is 1. The van der Waals surface area contributed by atoms with Gasteiger partial charge in [-0.2, -0.15) is 0 Å². The molecule has 1 aromatic carbocycles. The normalized spacial score (nSPS) is 10.1. The van der Waals surface area contributed by atoms with Crippen LogP contribution in [0.3, 0.4) is 0 Å². The van der Waals surface area contributed by atoms with E-state index >= 15 is 0 Å². The Labute approximate surface area is 112 Å². The Kier molecular flexibility index (Phi) is 5.32. The van der Waals surface area contributed by atoms with E-state index in [1.165, 1.54) is 17.0 Å². The summed E-state index contributed by atoms with van der Waals surface area (Å²) in [6.07, 6.45) is 0. The number of hydrogen-bond acceptors (Lipinski definition) is 4. The van der Waals surface area contributed by atoms with E-state index in [-0.39, 0.29) is 18.8 Å². The predicted octanol–water partition coefficient (Wildman–Crippen LogP) is 0.128. The molecule has 4 N–H and O–H groups in total. The zero-order valence-electron chi connectivity index (χ0n) is 11.1. The van der Waals surface area contributed by atoms with E-state index in [1.807, 2.05) is 6.92 Å². The number of nitrogens with two attached hydrogens (primary N) is 1. The van der Waals surface area contributed by atoms with Crippen LogP contribution in [-0.4, -0.2) is 36.6 Å². The van der Waals surface area contributed by atoms with Crippen molar-refractivity contribution < 1.29 is 14.7 Å². The molecule has 104 valence electrons. The molecule has 19 heavy (non-hydrogen) atoms. The Morgan fingerprint density at radius 2 is 2.11 bits per heavy atom. The number of likely N-dealkylation sites (N-methyl/N-ethyl adjacent to an activating group) is 1. The molecule has 0 aliphatic rings. The molecule has 0 radical (unpaired) electrons. The van der Waals surface area contributed by atoms with Crippen LogP contribution in [-0.2, 0) is 9.59 Å². The number of amides is 2. The van der Waals surface area contributed by atoms with E-state index in [9.17, 15) is 14.7 Å². The van der Waals surface area contributed by atoms with Gasteiger partial charge in [0.1, 0.15) is 5.75 Å². The fourth-order valence-corrected chi connectivity index (χ4v) is 1.70. The standard InChI is InChI=1S/C13H19N3O3/c1-3-16(13(19)12(18)15-7-6-14)11-8-10(17)5-4-9(11)2/h4-5,8,17H,3,6-7,14H2,1-2H3,(H,15,18). The van der Waals surface area contributed by atoms with Crippen molar-refractivity contribution >= 4 is 17.5 Å². The molecule has 0 heterocycles. The van der Waals surface area contributed by atoms with Crippen LogP contribution >= 0.6 is 0 Å². The number of phenols is 1. The first-order valence-electron chi connectivity index (χ1n) is 6.10. The highest BCUT2D eigenvalue weighted by molar-refractivity contribution is 6.40. The second-order valence-electron chi connectivity index (χ2n) is 4.06. The summed E-state index contributed by atoms with van der Waals surface area (Å²) in [5.74, 6) is -1.31. The summed E-state index contributed by atoms with van der Waals surface area (Å²) in [7, 11) is 0. The van der Waals surface area contributed by atoms with Crippen molar-refractivity contribution in [2.45, 2.75) is 13.8 Å². The van der Waals surface area contributed by atoms with Crippen LogP contribution in [0.5, 0.6) is 5.75 Å². The van der Waals surface area contributed by atoms with Crippen molar-refractivity contribution in [3.8, 4) is 5.75 Å². The van der Waals surface area contributed by atoms with Crippen molar-refractivity contribution in [3.63, 3.8) is 0 Å². The molecule has 0 atom stereocenters. The molecule has 0 aromatic heterocycles. The molecule has 0 aliphatic heterocycles. The van der Waals surface area contributed by atoms with Crippen LogP contribution in [0.1, 0.15) is 12.5 Å². The van der Waals surface area contributed by atoms with Crippen LogP contribution in [0.25, 0.3) is 0 Å². The van der Waals surface area contributed by atoms with Crippen molar-refractivity contribution in [1.29, 1.82) is 0 Å². The van der Waals surface area contributed by atoms with Gasteiger partial charge in [0.15, 0.2) is 0 Å². The van der Waals surface area contributed by atoms with Gasteiger partial charge in [-0.25, -0.2) is 0 Å². The number of nitrogens with one attached hydrogen (secondary N) is 1.